The zero-order valence-corrected chi connectivity index (χ0v) is 25.0. The van der Waals surface area contributed by atoms with Gasteiger partial charge in [0.2, 0.25) is 0 Å². The molecule has 0 fully saturated rings. The average molecular weight is 595 g/mol. The Labute approximate surface area is 265 Å². The van der Waals surface area contributed by atoms with Gasteiger partial charge in [-0.1, -0.05) is 97.1 Å². The van der Waals surface area contributed by atoms with Gasteiger partial charge >= 0.3 is 0 Å². The molecule has 0 atom stereocenters. The van der Waals surface area contributed by atoms with Crippen molar-refractivity contribution in [3.8, 4) is 22.0 Å². The predicted molar refractivity (Wildman–Crippen MR) is 189 cm³/mol. The van der Waals surface area contributed by atoms with Crippen molar-refractivity contribution in [2.45, 2.75) is 0 Å². The second-order valence-corrected chi connectivity index (χ2v) is 11.9. The molecular weight excluding hydrogens is 569 g/mol. The Hall–Kier alpha value is -5.78. The van der Waals surface area contributed by atoms with Gasteiger partial charge in [0.25, 0.3) is 0 Å². The van der Waals surface area contributed by atoms with Crippen LogP contribution < -0.4 is 9.80 Å². The average Bonchev–Trinajstić information content (AvgIpc) is 3.61. The lowest BCUT2D eigenvalue weighted by Crippen LogP contribution is -2.24. The van der Waals surface area contributed by atoms with E-state index in [2.05, 4.69) is 168 Å². The summed E-state index contributed by atoms with van der Waals surface area (Å²) in [4.78, 5) is 9.84. The van der Waals surface area contributed by atoms with E-state index in [0.717, 1.165) is 56.1 Å². The van der Waals surface area contributed by atoms with Gasteiger partial charge in [-0.05, 0) is 93.7 Å². The van der Waals surface area contributed by atoms with Gasteiger partial charge in [0.1, 0.15) is 5.01 Å². The largest absolute Gasteiger partial charge is 0.306 e. The Kier molecular flexibility index (Phi) is 5.96. The third kappa shape index (κ3) is 4.20. The zero-order chi connectivity index (χ0) is 29.7. The summed E-state index contributed by atoms with van der Waals surface area (Å²) in [7, 11) is 0. The second-order valence-electron chi connectivity index (χ2n) is 11.1. The maximum absolute atomic E-state index is 5.15. The van der Waals surface area contributed by atoms with Crippen molar-refractivity contribution >= 4 is 67.2 Å². The summed E-state index contributed by atoms with van der Waals surface area (Å²) < 4.78 is 4.92. The van der Waals surface area contributed by atoms with Gasteiger partial charge in [0, 0.05) is 22.5 Å². The topological polar surface area (TPSA) is 32.3 Å². The molecule has 8 aromatic rings. The van der Waals surface area contributed by atoms with Gasteiger partial charge in [0.05, 0.1) is 22.7 Å². The van der Waals surface area contributed by atoms with E-state index in [1.807, 2.05) is 0 Å². The molecule has 0 N–H and O–H groups in total. The molecule has 0 radical (unpaired) electrons. The molecule has 45 heavy (non-hydrogen) atoms. The van der Waals surface area contributed by atoms with Crippen molar-refractivity contribution in [1.82, 2.24) is 9.36 Å². The van der Waals surface area contributed by atoms with E-state index in [9.17, 15) is 0 Å². The van der Waals surface area contributed by atoms with Gasteiger partial charge in [-0.3, -0.25) is 0 Å². The Bertz CT molecular complexity index is 2350. The molecule has 0 aliphatic carbocycles. The highest BCUT2D eigenvalue weighted by molar-refractivity contribution is 7.09. The van der Waals surface area contributed by atoms with Crippen LogP contribution in [0, 0.1) is 0 Å². The Balaban J connectivity index is 1.22. The van der Waals surface area contributed by atoms with E-state index in [0.29, 0.717) is 0 Å². The van der Waals surface area contributed by atoms with E-state index >= 15 is 0 Å². The van der Waals surface area contributed by atoms with Gasteiger partial charge < -0.3 is 9.80 Å². The van der Waals surface area contributed by atoms with Crippen molar-refractivity contribution in [2.24, 2.45) is 0 Å². The molecule has 0 bridgehead atoms. The number of hydrogen-bond donors (Lipinski definition) is 0. The van der Waals surface area contributed by atoms with E-state index in [1.165, 1.54) is 33.1 Å². The minimum absolute atomic E-state index is 0.730. The van der Waals surface area contributed by atoms with Crippen LogP contribution >= 0.6 is 11.5 Å². The molecule has 5 heteroatoms. The van der Waals surface area contributed by atoms with Crippen LogP contribution in [0.3, 0.4) is 0 Å². The SMILES string of the molecule is c1ccc(N2c3ccccc3N(c3ccccc3)c3cc(-c4nsc(-c5cc6ccccc6c6ccccc56)n4)ccc32)cc1. The summed E-state index contributed by atoms with van der Waals surface area (Å²) in [5, 5.41) is 5.79. The van der Waals surface area contributed by atoms with Gasteiger partial charge in [-0.15, -0.1) is 0 Å². The highest BCUT2D eigenvalue weighted by Crippen LogP contribution is 2.54. The third-order valence-electron chi connectivity index (χ3n) is 8.53. The highest BCUT2D eigenvalue weighted by atomic mass is 32.1. The molecule has 0 unspecified atom stereocenters. The molecule has 7 aromatic carbocycles. The molecule has 1 aliphatic heterocycles. The molecule has 0 spiro atoms. The quantitative estimate of drug-likeness (QED) is 0.190. The number of para-hydroxylation sites is 4. The van der Waals surface area contributed by atoms with Crippen molar-refractivity contribution in [1.29, 1.82) is 0 Å². The first-order valence-electron chi connectivity index (χ1n) is 15.0. The van der Waals surface area contributed by atoms with Crippen LogP contribution in [-0.4, -0.2) is 9.36 Å². The summed E-state index contributed by atoms with van der Waals surface area (Å²) in [5.41, 5.74) is 8.74. The normalized spacial score (nSPS) is 12.4. The lowest BCUT2D eigenvalue weighted by atomic mass is 9.97. The molecule has 212 valence electrons. The van der Waals surface area contributed by atoms with Gasteiger partial charge in [-0.2, -0.15) is 4.37 Å². The number of fused-ring (bicyclic) bond motifs is 5. The Morgan fingerprint density at radius 3 is 1.71 bits per heavy atom. The molecular formula is C40H26N4S. The fourth-order valence-electron chi connectivity index (χ4n) is 6.52. The Morgan fingerprint density at radius 2 is 1.00 bits per heavy atom. The molecule has 4 nitrogen and oxygen atoms in total. The predicted octanol–water partition coefficient (Wildman–Crippen LogP) is 11.4. The Morgan fingerprint density at radius 1 is 0.444 bits per heavy atom. The molecule has 1 aliphatic rings. The van der Waals surface area contributed by atoms with Crippen molar-refractivity contribution in [2.75, 3.05) is 9.80 Å². The van der Waals surface area contributed by atoms with Crippen molar-refractivity contribution in [3.63, 3.8) is 0 Å². The van der Waals surface area contributed by atoms with Crippen LogP contribution in [0.1, 0.15) is 0 Å². The first-order chi connectivity index (χ1) is 22.3. The van der Waals surface area contributed by atoms with Crippen LogP contribution in [0.2, 0.25) is 0 Å². The minimum atomic E-state index is 0.730. The number of anilines is 6. The van der Waals surface area contributed by atoms with E-state index < -0.39 is 0 Å². The summed E-state index contributed by atoms with van der Waals surface area (Å²) in [6.45, 7) is 0. The highest BCUT2D eigenvalue weighted by Gasteiger charge is 2.31. The minimum Gasteiger partial charge on any atom is -0.306 e. The standard InChI is InChI=1S/C40H26N4S/c1-3-14-29(15-4-1)43-35-21-11-12-22-36(35)44(30-16-5-2-6-17-30)38-26-28(23-24-37(38)43)39-41-40(45-42-39)34-25-27-13-7-8-18-31(27)32-19-9-10-20-33(32)34/h1-26H. The fourth-order valence-corrected chi connectivity index (χ4v) is 7.24. The maximum atomic E-state index is 5.15. The van der Waals surface area contributed by atoms with Crippen LogP contribution in [0.25, 0.3) is 43.5 Å². The van der Waals surface area contributed by atoms with Crippen molar-refractivity contribution < 1.29 is 0 Å². The number of nitrogens with zero attached hydrogens (tertiary/aromatic N) is 4. The first-order valence-corrected chi connectivity index (χ1v) is 15.8. The molecule has 2 heterocycles. The van der Waals surface area contributed by atoms with Crippen LogP contribution in [0.5, 0.6) is 0 Å². The summed E-state index contributed by atoms with van der Waals surface area (Å²) in [6.07, 6.45) is 0. The monoisotopic (exact) mass is 594 g/mol. The number of hydrogen-bond acceptors (Lipinski definition) is 5. The zero-order valence-electron chi connectivity index (χ0n) is 24.2. The van der Waals surface area contributed by atoms with Crippen LogP contribution in [-0.2, 0) is 0 Å². The fraction of sp³-hybridized carbons (Fsp3) is 0. The smallest absolute Gasteiger partial charge is 0.173 e. The van der Waals surface area contributed by atoms with E-state index in [1.54, 1.807) is 0 Å². The lowest BCUT2D eigenvalue weighted by Gasteiger charge is -2.40. The van der Waals surface area contributed by atoms with E-state index in [4.69, 9.17) is 9.36 Å². The number of benzene rings is 7. The molecule has 0 saturated carbocycles. The van der Waals surface area contributed by atoms with E-state index in [-0.39, 0.29) is 0 Å². The van der Waals surface area contributed by atoms with Gasteiger partial charge in [0.15, 0.2) is 5.82 Å². The molecule has 1 aromatic heterocycles. The second kappa shape index (κ2) is 10.4. The summed E-state index contributed by atoms with van der Waals surface area (Å²) in [6, 6.07) is 55.7. The first kappa shape index (κ1) is 25.7. The lowest BCUT2D eigenvalue weighted by molar-refractivity contribution is 1.17. The van der Waals surface area contributed by atoms with Crippen molar-refractivity contribution in [3.05, 3.63) is 158 Å². The van der Waals surface area contributed by atoms with Crippen LogP contribution in [0.15, 0.2) is 158 Å². The number of rotatable bonds is 4. The van der Waals surface area contributed by atoms with Crippen LogP contribution in [0.4, 0.5) is 34.1 Å². The van der Waals surface area contributed by atoms with Gasteiger partial charge in [-0.25, -0.2) is 4.98 Å². The maximum Gasteiger partial charge on any atom is 0.173 e. The molecule has 0 amide bonds. The molecule has 0 saturated heterocycles. The summed E-state index contributed by atoms with van der Waals surface area (Å²) in [5.74, 6) is 0.730. The number of aromatic nitrogens is 2. The summed E-state index contributed by atoms with van der Waals surface area (Å²) >= 11 is 1.46. The third-order valence-corrected chi connectivity index (χ3v) is 9.28. The molecule has 9 rings (SSSR count).